The minimum Gasteiger partial charge on any atom is -0.392 e. The summed E-state index contributed by atoms with van der Waals surface area (Å²) >= 11 is 3.79. The summed E-state index contributed by atoms with van der Waals surface area (Å²) in [6.07, 6.45) is 12.8. The van der Waals surface area contributed by atoms with Gasteiger partial charge >= 0.3 is 0 Å². The largest absolute Gasteiger partial charge is 0.392 e. The highest BCUT2D eigenvalue weighted by atomic mass is 79.9. The predicted molar refractivity (Wildman–Crippen MR) is 149 cm³/mol. The van der Waals surface area contributed by atoms with Crippen LogP contribution in [0.3, 0.4) is 0 Å². The zero-order chi connectivity index (χ0) is 24.0. The van der Waals surface area contributed by atoms with Crippen molar-refractivity contribution in [2.75, 3.05) is 0 Å². The van der Waals surface area contributed by atoms with Crippen LogP contribution in [0.4, 0.5) is 0 Å². The maximum absolute atomic E-state index is 9.45. The molecule has 0 bridgehead atoms. The summed E-state index contributed by atoms with van der Waals surface area (Å²) in [5.41, 5.74) is 9.45. The minimum atomic E-state index is 0.0906. The molecule has 0 radical (unpaired) electrons. The van der Waals surface area contributed by atoms with E-state index in [4.69, 9.17) is 0 Å². The molecule has 0 amide bonds. The molecule has 0 spiro atoms. The van der Waals surface area contributed by atoms with Gasteiger partial charge in [0, 0.05) is 9.89 Å². The Kier molecular flexibility index (Phi) is 8.66. The Hall–Kier alpha value is -1.90. The van der Waals surface area contributed by atoms with Gasteiger partial charge in [-0.15, -0.1) is 0 Å². The van der Waals surface area contributed by atoms with Crippen molar-refractivity contribution in [3.8, 4) is 22.3 Å². The van der Waals surface area contributed by atoms with Gasteiger partial charge in [-0.3, -0.25) is 0 Å². The third-order valence-corrected chi connectivity index (χ3v) is 8.20. The van der Waals surface area contributed by atoms with E-state index in [2.05, 4.69) is 78.3 Å². The summed E-state index contributed by atoms with van der Waals surface area (Å²) in [7, 11) is 0. The summed E-state index contributed by atoms with van der Waals surface area (Å²) in [4.78, 5) is 0. The first kappa shape index (κ1) is 25.2. The molecule has 1 N–H and O–H groups in total. The summed E-state index contributed by atoms with van der Waals surface area (Å²) in [5, 5.41) is 9.45. The number of aliphatic hydroxyl groups excluding tert-OH is 1. The van der Waals surface area contributed by atoms with Crippen LogP contribution >= 0.6 is 15.9 Å². The smallest absolute Gasteiger partial charge is 0.0681 e. The Morgan fingerprint density at radius 3 is 1.79 bits per heavy atom. The molecule has 0 aliphatic heterocycles. The summed E-state index contributed by atoms with van der Waals surface area (Å²) in [5.74, 6) is 0. The van der Waals surface area contributed by atoms with Crippen LogP contribution in [0.25, 0.3) is 22.3 Å². The van der Waals surface area contributed by atoms with Crippen LogP contribution in [0, 0.1) is 0 Å². The fraction of sp³-hybridized carbons (Fsp3) is 0.438. The predicted octanol–water partition coefficient (Wildman–Crippen LogP) is 9.82. The van der Waals surface area contributed by atoms with Crippen molar-refractivity contribution < 1.29 is 5.11 Å². The van der Waals surface area contributed by atoms with Gasteiger partial charge in [0.1, 0.15) is 0 Å². The maximum Gasteiger partial charge on any atom is 0.0681 e. The van der Waals surface area contributed by atoms with Gasteiger partial charge in [0.2, 0.25) is 0 Å². The quantitative estimate of drug-likeness (QED) is 0.236. The van der Waals surface area contributed by atoms with E-state index in [-0.39, 0.29) is 12.0 Å². The van der Waals surface area contributed by atoms with E-state index < -0.39 is 0 Å². The second-order valence-corrected chi connectivity index (χ2v) is 10.9. The van der Waals surface area contributed by atoms with Crippen molar-refractivity contribution in [3.63, 3.8) is 0 Å². The lowest BCUT2D eigenvalue weighted by atomic mass is 9.70. The van der Waals surface area contributed by atoms with Gasteiger partial charge in [0.15, 0.2) is 0 Å². The van der Waals surface area contributed by atoms with Crippen molar-refractivity contribution in [2.24, 2.45) is 0 Å². The van der Waals surface area contributed by atoms with Crippen LogP contribution in [-0.2, 0) is 12.0 Å². The molecule has 0 unspecified atom stereocenters. The van der Waals surface area contributed by atoms with Crippen molar-refractivity contribution in [2.45, 2.75) is 90.1 Å². The van der Waals surface area contributed by atoms with Crippen molar-refractivity contribution in [1.82, 2.24) is 0 Å². The topological polar surface area (TPSA) is 20.2 Å². The summed E-state index contributed by atoms with van der Waals surface area (Å²) in [6, 6.07) is 22.4. The molecule has 0 heterocycles. The van der Waals surface area contributed by atoms with Crippen LogP contribution in [-0.4, -0.2) is 5.11 Å². The van der Waals surface area contributed by atoms with Crippen LogP contribution in [0.1, 0.15) is 94.7 Å². The molecule has 0 saturated heterocycles. The Morgan fingerprint density at radius 2 is 1.21 bits per heavy atom. The molecular weight excluding hydrogens is 480 g/mol. The zero-order valence-corrected chi connectivity index (χ0v) is 22.5. The van der Waals surface area contributed by atoms with Crippen LogP contribution in [0.5, 0.6) is 0 Å². The van der Waals surface area contributed by atoms with Crippen LogP contribution < -0.4 is 0 Å². The van der Waals surface area contributed by atoms with Crippen LogP contribution in [0.2, 0.25) is 0 Å². The fourth-order valence-corrected chi connectivity index (χ4v) is 6.18. The van der Waals surface area contributed by atoms with E-state index in [9.17, 15) is 5.11 Å². The third-order valence-electron chi connectivity index (χ3n) is 7.71. The van der Waals surface area contributed by atoms with Crippen molar-refractivity contribution in [1.29, 1.82) is 0 Å². The molecule has 34 heavy (non-hydrogen) atoms. The average Bonchev–Trinajstić information content (AvgIpc) is 3.13. The Bertz CT molecular complexity index is 1070. The Morgan fingerprint density at radius 1 is 0.647 bits per heavy atom. The van der Waals surface area contributed by atoms with Gasteiger partial charge in [-0.2, -0.15) is 0 Å². The number of benzene rings is 3. The van der Waals surface area contributed by atoms with E-state index in [1.54, 1.807) is 0 Å². The van der Waals surface area contributed by atoms with Gasteiger partial charge in [0.25, 0.3) is 0 Å². The standard InChI is InChI=1S/C32H39BrO/c1-3-5-7-9-19-32(20-10-8-6-4-2)30-21-26(25-13-11-24(23-34)12-14-25)15-17-28(30)29-18-16-27(33)22-31(29)32/h11-18,21-22,34H,3-10,19-20,23H2,1-2H3. The SMILES string of the molecule is CCCCCCC1(CCCCCC)c2cc(Br)ccc2-c2ccc(-c3ccc(CO)cc3)cc21. The third kappa shape index (κ3) is 5.19. The number of hydrogen-bond acceptors (Lipinski definition) is 1. The molecule has 180 valence electrons. The van der Waals surface area contributed by atoms with Gasteiger partial charge in [-0.05, 0) is 70.0 Å². The summed E-state index contributed by atoms with van der Waals surface area (Å²) < 4.78 is 1.19. The molecule has 0 atom stereocenters. The fourth-order valence-electron chi connectivity index (χ4n) is 5.82. The van der Waals surface area contributed by atoms with Crippen molar-refractivity contribution in [3.05, 3.63) is 81.8 Å². The number of halogens is 1. The molecular formula is C32H39BrO. The number of hydrogen-bond donors (Lipinski definition) is 1. The van der Waals surface area contributed by atoms with Crippen molar-refractivity contribution >= 4 is 15.9 Å². The molecule has 1 aliphatic carbocycles. The molecule has 1 aliphatic rings. The highest BCUT2D eigenvalue weighted by Gasteiger charge is 2.42. The first-order valence-electron chi connectivity index (χ1n) is 13.3. The van der Waals surface area contributed by atoms with Gasteiger partial charge < -0.3 is 5.11 Å². The lowest BCUT2D eigenvalue weighted by molar-refractivity contribution is 0.282. The molecule has 1 nitrogen and oxygen atoms in total. The van der Waals surface area contributed by atoms with E-state index in [0.717, 1.165) is 5.56 Å². The maximum atomic E-state index is 9.45. The molecule has 4 rings (SSSR count). The van der Waals surface area contributed by atoms with Crippen LogP contribution in [0.15, 0.2) is 65.1 Å². The first-order valence-corrected chi connectivity index (χ1v) is 14.1. The molecule has 0 fully saturated rings. The lowest BCUT2D eigenvalue weighted by Crippen LogP contribution is -2.25. The Labute approximate surface area is 214 Å². The average molecular weight is 520 g/mol. The van der Waals surface area contributed by atoms with Gasteiger partial charge in [0.05, 0.1) is 6.61 Å². The number of unbranched alkanes of at least 4 members (excludes halogenated alkanes) is 6. The van der Waals surface area contributed by atoms with E-state index in [0.29, 0.717) is 0 Å². The number of fused-ring (bicyclic) bond motifs is 3. The second-order valence-electron chi connectivity index (χ2n) is 10.0. The normalized spacial score (nSPS) is 13.6. The molecule has 0 aromatic heterocycles. The zero-order valence-electron chi connectivity index (χ0n) is 20.9. The molecule has 2 heteroatoms. The number of rotatable bonds is 12. The van der Waals surface area contributed by atoms with Gasteiger partial charge in [-0.25, -0.2) is 0 Å². The summed E-state index contributed by atoms with van der Waals surface area (Å²) in [6.45, 7) is 4.69. The van der Waals surface area contributed by atoms with E-state index in [1.165, 1.54) is 102 Å². The first-order chi connectivity index (χ1) is 16.6. The van der Waals surface area contributed by atoms with Gasteiger partial charge in [-0.1, -0.05) is 124 Å². The molecule has 0 saturated carbocycles. The number of aliphatic hydroxyl groups is 1. The second kappa shape index (κ2) is 11.7. The highest BCUT2D eigenvalue weighted by molar-refractivity contribution is 9.10. The van der Waals surface area contributed by atoms with E-state index >= 15 is 0 Å². The molecule has 3 aromatic rings. The monoisotopic (exact) mass is 518 g/mol. The Balaban J connectivity index is 1.80. The highest BCUT2D eigenvalue weighted by Crippen LogP contribution is 2.55. The van der Waals surface area contributed by atoms with E-state index in [1.807, 2.05) is 12.1 Å². The lowest BCUT2D eigenvalue weighted by Gasteiger charge is -2.33. The minimum absolute atomic E-state index is 0.0906. The molecule has 3 aromatic carbocycles.